The lowest BCUT2D eigenvalue weighted by atomic mass is 10.1. The van der Waals surface area contributed by atoms with Gasteiger partial charge in [-0.25, -0.2) is 0 Å². The molecule has 190 valence electrons. The van der Waals surface area contributed by atoms with Crippen molar-refractivity contribution in [1.82, 2.24) is 9.88 Å². The Labute approximate surface area is 221 Å². The number of pyridine rings is 1. The van der Waals surface area contributed by atoms with Crippen molar-refractivity contribution in [2.45, 2.75) is 33.4 Å². The SMILES string of the molecule is CCOc1ccc2[nH]c(=O)c(CN(Cc3ccc4c(c3)OCO4)C(=S)Nc3ccccc3CC)cc2c1. The first-order valence-electron chi connectivity index (χ1n) is 12.3. The molecular weight excluding hydrogens is 486 g/mol. The van der Waals surface area contributed by atoms with Gasteiger partial charge in [-0.2, -0.15) is 0 Å². The van der Waals surface area contributed by atoms with Gasteiger partial charge in [0.15, 0.2) is 16.6 Å². The molecule has 0 saturated carbocycles. The molecule has 37 heavy (non-hydrogen) atoms. The predicted octanol–water partition coefficient (Wildman–Crippen LogP) is 5.62. The molecule has 2 heterocycles. The quantitative estimate of drug-likeness (QED) is 0.295. The third-order valence-corrected chi connectivity index (χ3v) is 6.66. The molecule has 1 aliphatic heterocycles. The molecule has 0 amide bonds. The summed E-state index contributed by atoms with van der Waals surface area (Å²) in [5.41, 5.74) is 4.34. The van der Waals surface area contributed by atoms with Crippen molar-refractivity contribution >= 4 is 33.9 Å². The molecule has 3 aromatic carbocycles. The van der Waals surface area contributed by atoms with Crippen molar-refractivity contribution in [1.29, 1.82) is 0 Å². The van der Waals surface area contributed by atoms with Crippen molar-refractivity contribution < 1.29 is 14.2 Å². The number of ether oxygens (including phenoxy) is 3. The summed E-state index contributed by atoms with van der Waals surface area (Å²) >= 11 is 5.88. The number of fused-ring (bicyclic) bond motifs is 2. The zero-order valence-corrected chi connectivity index (χ0v) is 21.7. The lowest BCUT2D eigenvalue weighted by Crippen LogP contribution is -2.35. The van der Waals surface area contributed by atoms with Gasteiger partial charge >= 0.3 is 0 Å². The second-order valence-electron chi connectivity index (χ2n) is 8.79. The summed E-state index contributed by atoms with van der Waals surface area (Å²) < 4.78 is 16.7. The van der Waals surface area contributed by atoms with Crippen LogP contribution in [0.4, 0.5) is 5.69 Å². The fourth-order valence-corrected chi connectivity index (χ4v) is 4.65. The lowest BCUT2D eigenvalue weighted by Gasteiger charge is -2.27. The zero-order chi connectivity index (χ0) is 25.8. The van der Waals surface area contributed by atoms with Crippen molar-refractivity contribution in [2.24, 2.45) is 0 Å². The van der Waals surface area contributed by atoms with Crippen LogP contribution in [-0.2, 0) is 19.5 Å². The highest BCUT2D eigenvalue weighted by Gasteiger charge is 2.18. The van der Waals surface area contributed by atoms with E-state index in [1.165, 1.54) is 5.56 Å². The summed E-state index contributed by atoms with van der Waals surface area (Å²) in [6.45, 7) is 5.64. The van der Waals surface area contributed by atoms with Crippen LogP contribution in [0.1, 0.15) is 30.5 Å². The smallest absolute Gasteiger partial charge is 0.253 e. The first-order valence-corrected chi connectivity index (χ1v) is 12.8. The second kappa shape index (κ2) is 10.9. The number of benzene rings is 3. The summed E-state index contributed by atoms with van der Waals surface area (Å²) in [6.07, 6.45) is 0.875. The van der Waals surface area contributed by atoms with Gasteiger partial charge in [0.25, 0.3) is 5.56 Å². The van der Waals surface area contributed by atoms with E-state index in [9.17, 15) is 4.79 Å². The Morgan fingerprint density at radius 2 is 1.84 bits per heavy atom. The number of aromatic amines is 1. The number of H-pyrrole nitrogens is 1. The minimum atomic E-state index is -0.149. The Bertz CT molecular complexity index is 1500. The van der Waals surface area contributed by atoms with Crippen LogP contribution in [-0.4, -0.2) is 28.4 Å². The lowest BCUT2D eigenvalue weighted by molar-refractivity contribution is 0.174. The fourth-order valence-electron chi connectivity index (χ4n) is 4.41. The predicted molar refractivity (Wildman–Crippen MR) is 150 cm³/mol. The summed E-state index contributed by atoms with van der Waals surface area (Å²) in [5, 5.41) is 4.84. The number of para-hydroxylation sites is 1. The van der Waals surface area contributed by atoms with Crippen LogP contribution in [0.5, 0.6) is 17.2 Å². The zero-order valence-electron chi connectivity index (χ0n) is 20.9. The highest BCUT2D eigenvalue weighted by Crippen LogP contribution is 2.33. The molecule has 1 aliphatic rings. The first kappa shape index (κ1) is 24.6. The molecule has 7 nitrogen and oxygen atoms in total. The Kier molecular flexibility index (Phi) is 7.28. The molecule has 0 spiro atoms. The summed E-state index contributed by atoms with van der Waals surface area (Å²) in [4.78, 5) is 18.0. The molecule has 8 heteroatoms. The summed E-state index contributed by atoms with van der Waals surface area (Å²) in [7, 11) is 0. The van der Waals surface area contributed by atoms with Crippen molar-refractivity contribution in [3.8, 4) is 17.2 Å². The maximum Gasteiger partial charge on any atom is 0.253 e. The van der Waals surface area contributed by atoms with E-state index in [4.69, 9.17) is 26.4 Å². The van der Waals surface area contributed by atoms with Crippen molar-refractivity contribution in [3.63, 3.8) is 0 Å². The van der Waals surface area contributed by atoms with Gasteiger partial charge in [0.1, 0.15) is 5.75 Å². The van der Waals surface area contributed by atoms with E-state index in [0.717, 1.165) is 40.1 Å². The maximum absolute atomic E-state index is 13.1. The Balaban J connectivity index is 1.47. The number of aryl methyl sites for hydroxylation is 1. The molecular formula is C29H29N3O4S. The van der Waals surface area contributed by atoms with Gasteiger partial charge in [0.05, 0.1) is 13.2 Å². The van der Waals surface area contributed by atoms with E-state index >= 15 is 0 Å². The second-order valence-corrected chi connectivity index (χ2v) is 9.18. The average Bonchev–Trinajstić information content (AvgIpc) is 3.37. The first-order chi connectivity index (χ1) is 18.0. The number of hydrogen-bond donors (Lipinski definition) is 2. The number of nitrogens with zero attached hydrogens (tertiary/aromatic N) is 1. The van der Waals surface area contributed by atoms with Crippen LogP contribution in [0.2, 0.25) is 0 Å². The standard InChI is InChI=1S/C29H29N3O4S/c1-3-20-7-5-6-8-24(20)31-29(37)32(16-19-9-12-26-27(13-19)36-18-35-26)17-22-14-21-15-23(34-4-2)10-11-25(21)30-28(22)33/h5-15H,3-4,16-18H2,1-2H3,(H,30,33)(H,31,37). The molecule has 0 atom stereocenters. The topological polar surface area (TPSA) is 75.8 Å². The Hall–Kier alpha value is -4.04. The maximum atomic E-state index is 13.1. The number of anilines is 1. The molecule has 0 saturated heterocycles. The molecule has 1 aromatic heterocycles. The molecule has 0 fully saturated rings. The summed E-state index contributed by atoms with van der Waals surface area (Å²) in [6, 6.07) is 21.5. The highest BCUT2D eigenvalue weighted by atomic mass is 32.1. The largest absolute Gasteiger partial charge is 0.494 e. The third kappa shape index (κ3) is 5.54. The number of hydrogen-bond acceptors (Lipinski definition) is 5. The molecule has 0 unspecified atom stereocenters. The van der Waals surface area contributed by atoms with Gasteiger partial charge in [0, 0.05) is 28.7 Å². The fraction of sp³-hybridized carbons (Fsp3) is 0.241. The van der Waals surface area contributed by atoms with Crippen LogP contribution < -0.4 is 25.1 Å². The molecule has 0 aliphatic carbocycles. The molecule has 4 aromatic rings. The van der Waals surface area contributed by atoms with Crippen molar-refractivity contribution in [3.05, 3.63) is 93.8 Å². The molecule has 5 rings (SSSR count). The van der Waals surface area contributed by atoms with E-state index in [-0.39, 0.29) is 12.4 Å². The Morgan fingerprint density at radius 1 is 1.00 bits per heavy atom. The van der Waals surface area contributed by atoms with Gasteiger partial charge in [0.2, 0.25) is 6.79 Å². The van der Waals surface area contributed by atoms with E-state index in [1.54, 1.807) is 0 Å². The highest BCUT2D eigenvalue weighted by molar-refractivity contribution is 7.80. The third-order valence-electron chi connectivity index (χ3n) is 6.30. The monoisotopic (exact) mass is 515 g/mol. The number of rotatable bonds is 8. The average molecular weight is 516 g/mol. The van der Waals surface area contributed by atoms with Gasteiger partial charge in [-0.1, -0.05) is 31.2 Å². The molecule has 0 bridgehead atoms. The van der Waals surface area contributed by atoms with E-state index in [2.05, 4.69) is 23.3 Å². The number of nitrogens with one attached hydrogen (secondary N) is 2. The van der Waals surface area contributed by atoms with Gasteiger partial charge in [-0.05, 0) is 79.2 Å². The van der Waals surface area contributed by atoms with Crippen LogP contribution in [0, 0.1) is 0 Å². The van der Waals surface area contributed by atoms with E-state index in [1.807, 2.05) is 72.5 Å². The van der Waals surface area contributed by atoms with E-state index in [0.29, 0.717) is 36.1 Å². The molecule has 2 N–H and O–H groups in total. The van der Waals surface area contributed by atoms with Crippen LogP contribution in [0.25, 0.3) is 10.9 Å². The Morgan fingerprint density at radius 3 is 2.68 bits per heavy atom. The minimum absolute atomic E-state index is 0.149. The molecule has 0 radical (unpaired) electrons. The number of thiocarbonyl (C=S) groups is 1. The van der Waals surface area contributed by atoms with Crippen LogP contribution in [0.15, 0.2) is 71.5 Å². The van der Waals surface area contributed by atoms with Gasteiger partial charge < -0.3 is 29.4 Å². The normalized spacial score (nSPS) is 11.9. The van der Waals surface area contributed by atoms with E-state index < -0.39 is 0 Å². The van der Waals surface area contributed by atoms with Crippen molar-refractivity contribution in [2.75, 3.05) is 18.7 Å². The summed E-state index contributed by atoms with van der Waals surface area (Å²) in [5.74, 6) is 2.20. The van der Waals surface area contributed by atoms with Gasteiger partial charge in [-0.3, -0.25) is 4.79 Å². The van der Waals surface area contributed by atoms with Crippen LogP contribution in [0.3, 0.4) is 0 Å². The van der Waals surface area contributed by atoms with Gasteiger partial charge in [-0.15, -0.1) is 0 Å². The van der Waals surface area contributed by atoms with Crippen LogP contribution >= 0.6 is 12.2 Å². The number of aromatic nitrogens is 1. The minimum Gasteiger partial charge on any atom is -0.494 e.